The predicted molar refractivity (Wildman–Crippen MR) is 113 cm³/mol. The molecule has 1 aromatic heterocycles. The lowest BCUT2D eigenvalue weighted by molar-refractivity contribution is -0.116. The highest BCUT2D eigenvalue weighted by molar-refractivity contribution is 7.71. The van der Waals surface area contributed by atoms with E-state index in [1.165, 1.54) is 0 Å². The van der Waals surface area contributed by atoms with E-state index in [0.717, 1.165) is 24.0 Å². The number of aromatic nitrogens is 3. The summed E-state index contributed by atoms with van der Waals surface area (Å²) in [4.78, 5) is 24.6. The second-order valence-electron chi connectivity index (χ2n) is 7.18. The summed E-state index contributed by atoms with van der Waals surface area (Å²) in [5, 5.41) is 12.8. The molecule has 1 fully saturated rings. The maximum absolute atomic E-state index is 12.6. The molecule has 0 radical (unpaired) electrons. The minimum Gasteiger partial charge on any atom is -0.349 e. The fraction of sp³-hybridized carbons (Fsp3) is 0.238. The molecule has 1 aliphatic rings. The Morgan fingerprint density at radius 3 is 2.66 bits per heavy atom. The molecule has 2 amide bonds. The molecular weight excluding hydrogens is 386 g/mol. The van der Waals surface area contributed by atoms with Crippen molar-refractivity contribution in [3.05, 3.63) is 64.4 Å². The summed E-state index contributed by atoms with van der Waals surface area (Å²) in [7, 11) is 0. The third kappa shape index (κ3) is 4.60. The van der Waals surface area contributed by atoms with E-state index in [2.05, 4.69) is 20.8 Å². The summed E-state index contributed by atoms with van der Waals surface area (Å²) in [5.41, 5.74) is 3.17. The Kier molecular flexibility index (Phi) is 5.26. The number of anilines is 1. The maximum atomic E-state index is 12.6. The molecule has 3 N–H and O–H groups in total. The Morgan fingerprint density at radius 2 is 1.97 bits per heavy atom. The lowest BCUT2D eigenvalue weighted by Gasteiger charge is -2.09. The van der Waals surface area contributed by atoms with Gasteiger partial charge in [-0.2, -0.15) is 5.10 Å². The molecule has 0 atom stereocenters. The van der Waals surface area contributed by atoms with Crippen LogP contribution in [-0.4, -0.2) is 32.6 Å². The molecule has 29 heavy (non-hydrogen) atoms. The summed E-state index contributed by atoms with van der Waals surface area (Å²) in [6, 6.07) is 15.0. The van der Waals surface area contributed by atoms with Crippen LogP contribution >= 0.6 is 12.2 Å². The van der Waals surface area contributed by atoms with E-state index in [9.17, 15) is 9.59 Å². The molecule has 0 unspecified atom stereocenters. The molecule has 1 heterocycles. The molecule has 1 aliphatic carbocycles. The van der Waals surface area contributed by atoms with Gasteiger partial charge in [-0.05, 0) is 62.3 Å². The number of H-pyrrole nitrogens is 1. The van der Waals surface area contributed by atoms with Crippen molar-refractivity contribution >= 4 is 29.7 Å². The monoisotopic (exact) mass is 407 g/mol. The van der Waals surface area contributed by atoms with Gasteiger partial charge >= 0.3 is 0 Å². The first-order valence-corrected chi connectivity index (χ1v) is 9.83. The summed E-state index contributed by atoms with van der Waals surface area (Å²) in [6.07, 6.45) is 2.09. The van der Waals surface area contributed by atoms with Crippen LogP contribution in [0.4, 0.5) is 5.69 Å². The van der Waals surface area contributed by atoms with Crippen LogP contribution < -0.4 is 10.6 Å². The van der Waals surface area contributed by atoms with Gasteiger partial charge in [0.2, 0.25) is 5.91 Å². The molecule has 148 valence electrons. The third-order valence-electron chi connectivity index (χ3n) is 4.68. The van der Waals surface area contributed by atoms with Crippen LogP contribution in [0, 0.1) is 11.7 Å². The molecule has 3 aromatic rings. The highest BCUT2D eigenvalue weighted by Gasteiger charge is 2.23. The lowest BCUT2D eigenvalue weighted by atomic mass is 10.1. The zero-order valence-corrected chi connectivity index (χ0v) is 16.8. The molecule has 8 heteroatoms. The average molecular weight is 407 g/mol. The van der Waals surface area contributed by atoms with Crippen molar-refractivity contribution < 1.29 is 9.59 Å². The van der Waals surface area contributed by atoms with E-state index in [1.807, 2.05) is 31.2 Å². The van der Waals surface area contributed by atoms with E-state index in [-0.39, 0.29) is 18.4 Å². The van der Waals surface area contributed by atoms with Crippen LogP contribution in [0.1, 0.15) is 28.8 Å². The topological polar surface area (TPSA) is 91.8 Å². The summed E-state index contributed by atoms with van der Waals surface area (Å²) in [6.45, 7) is 2.03. The first-order valence-electron chi connectivity index (χ1n) is 9.42. The normalized spacial score (nSPS) is 13.1. The SMILES string of the molecule is Cc1cccc(-c2n[nH]c(=S)n2CC(=O)Nc2ccc(C(=O)NC3CC3)cc2)c1. The molecule has 2 aromatic carbocycles. The molecule has 4 rings (SSSR count). The van der Waals surface area contributed by atoms with Crippen molar-refractivity contribution in [1.82, 2.24) is 20.1 Å². The Balaban J connectivity index is 1.44. The Labute approximate surface area is 173 Å². The summed E-state index contributed by atoms with van der Waals surface area (Å²) >= 11 is 5.29. The van der Waals surface area contributed by atoms with Gasteiger partial charge in [-0.3, -0.25) is 19.3 Å². The van der Waals surface area contributed by atoms with Crippen molar-refractivity contribution in [3.63, 3.8) is 0 Å². The van der Waals surface area contributed by atoms with Crippen molar-refractivity contribution in [2.45, 2.75) is 32.4 Å². The van der Waals surface area contributed by atoms with Gasteiger partial charge in [0.1, 0.15) is 6.54 Å². The maximum Gasteiger partial charge on any atom is 0.251 e. The van der Waals surface area contributed by atoms with Gasteiger partial charge in [0.05, 0.1) is 0 Å². The van der Waals surface area contributed by atoms with Crippen LogP contribution in [-0.2, 0) is 11.3 Å². The minimum absolute atomic E-state index is 0.0303. The first kappa shape index (κ1) is 19.1. The number of hydrogen-bond acceptors (Lipinski definition) is 4. The predicted octanol–water partition coefficient (Wildman–Crippen LogP) is 3.45. The number of carbonyl (C=O) groups is 2. The Hall–Kier alpha value is -3.26. The van der Waals surface area contributed by atoms with Crippen LogP contribution in [0.5, 0.6) is 0 Å². The van der Waals surface area contributed by atoms with E-state index in [1.54, 1.807) is 28.8 Å². The number of nitrogens with one attached hydrogen (secondary N) is 3. The number of amides is 2. The van der Waals surface area contributed by atoms with Gasteiger partial charge in [-0.15, -0.1) is 0 Å². The number of aryl methyl sites for hydroxylation is 1. The van der Waals surface area contributed by atoms with Crippen LogP contribution in [0.2, 0.25) is 0 Å². The highest BCUT2D eigenvalue weighted by Crippen LogP contribution is 2.20. The Morgan fingerprint density at radius 1 is 1.21 bits per heavy atom. The van der Waals surface area contributed by atoms with Gasteiger partial charge in [-0.25, -0.2) is 0 Å². The zero-order valence-electron chi connectivity index (χ0n) is 15.9. The van der Waals surface area contributed by atoms with Gasteiger partial charge in [0, 0.05) is 22.9 Å². The van der Waals surface area contributed by atoms with Gasteiger partial charge in [0.15, 0.2) is 10.6 Å². The van der Waals surface area contributed by atoms with Crippen LogP contribution in [0.15, 0.2) is 48.5 Å². The summed E-state index contributed by atoms with van der Waals surface area (Å²) < 4.78 is 2.04. The molecule has 1 saturated carbocycles. The second-order valence-corrected chi connectivity index (χ2v) is 7.57. The minimum atomic E-state index is -0.230. The van der Waals surface area contributed by atoms with Crippen LogP contribution in [0.3, 0.4) is 0 Å². The number of nitrogens with zero attached hydrogens (tertiary/aromatic N) is 2. The number of benzene rings is 2. The lowest BCUT2D eigenvalue weighted by Crippen LogP contribution is -2.25. The molecule has 0 saturated heterocycles. The molecule has 0 aliphatic heterocycles. The number of carbonyl (C=O) groups excluding carboxylic acids is 2. The van der Waals surface area contributed by atoms with Crippen molar-refractivity contribution in [3.8, 4) is 11.4 Å². The number of hydrogen-bond donors (Lipinski definition) is 3. The van der Waals surface area contributed by atoms with Crippen LogP contribution in [0.25, 0.3) is 11.4 Å². The van der Waals surface area contributed by atoms with E-state index >= 15 is 0 Å². The van der Waals surface area contributed by atoms with Crippen molar-refractivity contribution in [2.24, 2.45) is 0 Å². The smallest absolute Gasteiger partial charge is 0.251 e. The van der Waals surface area contributed by atoms with E-state index in [0.29, 0.717) is 27.9 Å². The fourth-order valence-electron chi connectivity index (χ4n) is 3.01. The third-order valence-corrected chi connectivity index (χ3v) is 4.99. The zero-order chi connectivity index (χ0) is 20.4. The van der Waals surface area contributed by atoms with Crippen molar-refractivity contribution in [1.29, 1.82) is 0 Å². The quantitative estimate of drug-likeness (QED) is 0.546. The van der Waals surface area contributed by atoms with E-state index in [4.69, 9.17) is 12.2 Å². The second kappa shape index (κ2) is 8.00. The average Bonchev–Trinajstić information content (AvgIpc) is 3.44. The fourth-order valence-corrected chi connectivity index (χ4v) is 3.21. The summed E-state index contributed by atoms with van der Waals surface area (Å²) in [5.74, 6) is 0.297. The number of aromatic amines is 1. The highest BCUT2D eigenvalue weighted by atomic mass is 32.1. The van der Waals surface area contributed by atoms with E-state index < -0.39 is 0 Å². The molecule has 0 bridgehead atoms. The molecule has 7 nitrogen and oxygen atoms in total. The van der Waals surface area contributed by atoms with Gasteiger partial charge in [0.25, 0.3) is 5.91 Å². The molecule has 0 spiro atoms. The molecular formula is C21H21N5O2S. The van der Waals surface area contributed by atoms with Gasteiger partial charge < -0.3 is 10.6 Å². The van der Waals surface area contributed by atoms with Crippen molar-refractivity contribution in [2.75, 3.05) is 5.32 Å². The number of rotatable bonds is 6. The Bertz CT molecular complexity index is 1110. The standard InChI is InChI=1S/C21H21N5O2S/c1-13-3-2-4-15(11-13)19-24-25-21(29)26(19)12-18(27)22-16-7-5-14(6-8-16)20(28)23-17-9-10-17/h2-8,11,17H,9-10,12H2,1H3,(H,22,27)(H,23,28)(H,25,29). The largest absolute Gasteiger partial charge is 0.349 e. The van der Waals surface area contributed by atoms with Gasteiger partial charge in [-0.1, -0.05) is 23.8 Å². The first-order chi connectivity index (χ1) is 14.0.